The van der Waals surface area contributed by atoms with Gasteiger partial charge in [-0.3, -0.25) is 9.59 Å². The van der Waals surface area contributed by atoms with Crippen LogP contribution in [-0.2, 0) is 14.3 Å². The topological polar surface area (TPSA) is 57.5 Å². The van der Waals surface area contributed by atoms with E-state index in [-0.39, 0.29) is 35.9 Å². The highest BCUT2D eigenvalue weighted by Crippen LogP contribution is 2.42. The maximum absolute atomic E-state index is 11.2. The molecule has 3 heterocycles. The Labute approximate surface area is 68.6 Å². The lowest BCUT2D eigenvalue weighted by Crippen LogP contribution is -2.26. The zero-order chi connectivity index (χ0) is 8.29. The Morgan fingerprint density at radius 2 is 1.58 bits per heavy atom. The van der Waals surface area contributed by atoms with E-state index in [1.54, 1.807) is 0 Å². The van der Waals surface area contributed by atoms with Gasteiger partial charge in [0.15, 0.2) is 0 Å². The molecule has 2 saturated heterocycles. The molecular weight excluding hydrogens is 158 g/mol. The molecule has 12 heavy (non-hydrogen) atoms. The Morgan fingerprint density at radius 1 is 1.08 bits per heavy atom. The molecule has 0 aromatic heterocycles. The van der Waals surface area contributed by atoms with E-state index in [1.165, 1.54) is 0 Å². The summed E-state index contributed by atoms with van der Waals surface area (Å²) in [7, 11) is 0. The van der Waals surface area contributed by atoms with Gasteiger partial charge in [-0.2, -0.15) is 5.32 Å². The van der Waals surface area contributed by atoms with Crippen LogP contribution >= 0.6 is 0 Å². The smallest absolute Gasteiger partial charge is 0.255 e. The molecule has 2 fully saturated rings. The lowest BCUT2D eigenvalue weighted by Gasteiger charge is -2.09. The highest BCUT2D eigenvalue weighted by atomic mass is 16.5. The summed E-state index contributed by atoms with van der Waals surface area (Å²) in [6, 6.07) is 0. The number of fused-ring (bicyclic) bond motifs is 5. The fourth-order valence-electron chi connectivity index (χ4n) is 2.15. The largest absolute Gasteiger partial charge is 0.365 e. The molecular formula is C8H6NO3. The van der Waals surface area contributed by atoms with E-state index in [4.69, 9.17) is 4.74 Å². The number of rotatable bonds is 0. The van der Waals surface area contributed by atoms with Crippen molar-refractivity contribution in [2.24, 2.45) is 11.8 Å². The standard InChI is InChI=1S/C8H6NO3/c10-7-5-3-1-2-4(12-3)6(5)8(11)9-7/h1-6H. The van der Waals surface area contributed by atoms with E-state index >= 15 is 0 Å². The normalized spacial score (nSPS) is 48.3. The van der Waals surface area contributed by atoms with E-state index in [2.05, 4.69) is 5.32 Å². The van der Waals surface area contributed by atoms with Gasteiger partial charge in [-0.05, 0) is 0 Å². The summed E-state index contributed by atoms with van der Waals surface area (Å²) in [6.07, 6.45) is 3.31. The summed E-state index contributed by atoms with van der Waals surface area (Å²) in [5.41, 5.74) is 0. The van der Waals surface area contributed by atoms with E-state index in [0.29, 0.717) is 0 Å². The molecule has 4 unspecified atom stereocenters. The summed E-state index contributed by atoms with van der Waals surface area (Å²) in [5.74, 6) is -1.23. The molecule has 2 amide bonds. The summed E-state index contributed by atoms with van der Waals surface area (Å²) in [4.78, 5) is 22.3. The average molecular weight is 164 g/mol. The lowest BCUT2D eigenvalue weighted by atomic mass is 9.85. The zero-order valence-electron chi connectivity index (χ0n) is 6.14. The van der Waals surface area contributed by atoms with Crippen LogP contribution < -0.4 is 5.32 Å². The highest BCUT2D eigenvalue weighted by molar-refractivity contribution is 6.06. The minimum Gasteiger partial charge on any atom is -0.365 e. The molecule has 0 N–H and O–H groups in total. The predicted octanol–water partition coefficient (Wildman–Crippen LogP) is -0.773. The van der Waals surface area contributed by atoms with E-state index in [1.807, 2.05) is 12.2 Å². The van der Waals surface area contributed by atoms with Gasteiger partial charge in [0, 0.05) is 0 Å². The van der Waals surface area contributed by atoms with Gasteiger partial charge in [-0.25, -0.2) is 0 Å². The molecule has 1 radical (unpaired) electrons. The van der Waals surface area contributed by atoms with Crippen LogP contribution in [0.4, 0.5) is 0 Å². The number of hydrogen-bond acceptors (Lipinski definition) is 3. The number of carbonyl (C=O) groups is 2. The first-order chi connectivity index (χ1) is 5.77. The summed E-state index contributed by atoms with van der Waals surface area (Å²) >= 11 is 0. The van der Waals surface area contributed by atoms with Crippen molar-refractivity contribution in [1.82, 2.24) is 5.32 Å². The Kier molecular flexibility index (Phi) is 0.939. The third-order valence-corrected chi connectivity index (χ3v) is 2.69. The van der Waals surface area contributed by atoms with Gasteiger partial charge >= 0.3 is 0 Å². The zero-order valence-corrected chi connectivity index (χ0v) is 6.14. The number of amides is 2. The molecule has 61 valence electrons. The van der Waals surface area contributed by atoms with Crippen LogP contribution in [0.3, 0.4) is 0 Å². The number of hydrogen-bond donors (Lipinski definition) is 0. The van der Waals surface area contributed by atoms with Crippen molar-refractivity contribution >= 4 is 11.8 Å². The van der Waals surface area contributed by atoms with Crippen molar-refractivity contribution in [2.75, 3.05) is 0 Å². The second-order valence-corrected chi connectivity index (χ2v) is 3.29. The summed E-state index contributed by atoms with van der Waals surface area (Å²) in [5, 5.41) is 3.42. The second-order valence-electron chi connectivity index (χ2n) is 3.29. The lowest BCUT2D eigenvalue weighted by molar-refractivity contribution is -0.128. The maximum Gasteiger partial charge on any atom is 0.255 e. The van der Waals surface area contributed by atoms with Crippen LogP contribution in [-0.4, -0.2) is 24.0 Å². The van der Waals surface area contributed by atoms with Gasteiger partial charge < -0.3 is 4.74 Å². The molecule has 4 nitrogen and oxygen atoms in total. The van der Waals surface area contributed by atoms with Gasteiger partial charge in [-0.15, -0.1) is 0 Å². The fraction of sp³-hybridized carbons (Fsp3) is 0.500. The van der Waals surface area contributed by atoms with Gasteiger partial charge in [0.2, 0.25) is 0 Å². The first kappa shape index (κ1) is 6.37. The number of carbonyl (C=O) groups excluding carboxylic acids is 2. The molecule has 4 heteroatoms. The quantitative estimate of drug-likeness (QED) is 0.349. The minimum absolute atomic E-state index is 0.192. The average Bonchev–Trinajstić information content (AvgIpc) is 2.64. The van der Waals surface area contributed by atoms with E-state index in [9.17, 15) is 9.59 Å². The van der Waals surface area contributed by atoms with Crippen molar-refractivity contribution in [3.8, 4) is 0 Å². The first-order valence-corrected chi connectivity index (χ1v) is 3.90. The van der Waals surface area contributed by atoms with Crippen molar-refractivity contribution in [2.45, 2.75) is 12.2 Å². The van der Waals surface area contributed by atoms with Crippen LogP contribution in [0, 0.1) is 11.8 Å². The number of ether oxygens (including phenoxy) is 1. The Balaban J connectivity index is 2.08. The number of imide groups is 1. The van der Waals surface area contributed by atoms with Crippen LogP contribution in [0.2, 0.25) is 0 Å². The molecule has 4 atom stereocenters. The molecule has 3 aliphatic heterocycles. The maximum atomic E-state index is 11.2. The molecule has 0 spiro atoms. The molecule has 2 bridgehead atoms. The third-order valence-electron chi connectivity index (χ3n) is 2.69. The molecule has 0 aromatic carbocycles. The molecule has 0 saturated carbocycles. The van der Waals surface area contributed by atoms with Gasteiger partial charge in [0.1, 0.15) is 0 Å². The molecule has 3 aliphatic rings. The fourth-order valence-corrected chi connectivity index (χ4v) is 2.15. The van der Waals surface area contributed by atoms with Crippen molar-refractivity contribution in [1.29, 1.82) is 0 Å². The van der Waals surface area contributed by atoms with Crippen LogP contribution in [0.5, 0.6) is 0 Å². The molecule has 0 aromatic rings. The van der Waals surface area contributed by atoms with Crippen molar-refractivity contribution in [3.05, 3.63) is 12.2 Å². The Hall–Kier alpha value is -1.16. The van der Waals surface area contributed by atoms with Crippen LogP contribution in [0.1, 0.15) is 0 Å². The monoisotopic (exact) mass is 164 g/mol. The predicted molar refractivity (Wildman–Crippen MR) is 36.9 cm³/mol. The van der Waals surface area contributed by atoms with E-state index in [0.717, 1.165) is 0 Å². The minimum atomic E-state index is -0.313. The molecule has 0 aliphatic carbocycles. The van der Waals surface area contributed by atoms with Gasteiger partial charge in [-0.1, -0.05) is 12.2 Å². The first-order valence-electron chi connectivity index (χ1n) is 3.90. The summed E-state index contributed by atoms with van der Waals surface area (Å²) in [6.45, 7) is 0. The van der Waals surface area contributed by atoms with Crippen molar-refractivity contribution < 1.29 is 14.3 Å². The van der Waals surface area contributed by atoms with Crippen LogP contribution in [0.15, 0.2) is 12.2 Å². The van der Waals surface area contributed by atoms with Crippen LogP contribution in [0.25, 0.3) is 0 Å². The van der Waals surface area contributed by atoms with Crippen molar-refractivity contribution in [3.63, 3.8) is 0 Å². The highest BCUT2D eigenvalue weighted by Gasteiger charge is 2.58. The Bertz CT molecular complexity index is 281. The number of nitrogens with zero attached hydrogens (tertiary/aromatic N) is 1. The van der Waals surface area contributed by atoms with E-state index < -0.39 is 0 Å². The SMILES string of the molecule is O=C1[N]C(=O)C2C3C=CC(O3)C12. The summed E-state index contributed by atoms with van der Waals surface area (Å²) < 4.78 is 5.37. The van der Waals surface area contributed by atoms with Gasteiger partial charge in [0.25, 0.3) is 11.8 Å². The third kappa shape index (κ3) is 0.536. The second kappa shape index (κ2) is 1.77. The Morgan fingerprint density at radius 3 is 2.08 bits per heavy atom. The molecule has 3 rings (SSSR count). The van der Waals surface area contributed by atoms with Gasteiger partial charge in [0.05, 0.1) is 24.0 Å².